The molecule has 104 valence electrons. The Kier molecular flexibility index (Phi) is 3.80. The molecule has 8 heteroatoms. The zero-order valence-corrected chi connectivity index (χ0v) is 11.3. The van der Waals surface area contributed by atoms with Crippen molar-refractivity contribution in [2.45, 2.75) is 23.8 Å². The van der Waals surface area contributed by atoms with Gasteiger partial charge in [-0.05, 0) is 31.0 Å². The fourth-order valence-electron chi connectivity index (χ4n) is 2.08. The van der Waals surface area contributed by atoms with Crippen LogP contribution in [0.5, 0.6) is 0 Å². The summed E-state index contributed by atoms with van der Waals surface area (Å²) in [5.41, 5.74) is 0. The van der Waals surface area contributed by atoms with Gasteiger partial charge in [-0.15, -0.1) is 0 Å². The molecule has 19 heavy (non-hydrogen) atoms. The summed E-state index contributed by atoms with van der Waals surface area (Å²) >= 11 is 5.66. The van der Waals surface area contributed by atoms with Crippen LogP contribution in [0.2, 0.25) is 5.02 Å². The highest BCUT2D eigenvalue weighted by atomic mass is 35.5. The fraction of sp³-hybridized carbons (Fsp3) is 0.364. The van der Waals surface area contributed by atoms with E-state index in [1.54, 1.807) is 0 Å². The minimum atomic E-state index is -4.19. The van der Waals surface area contributed by atoms with E-state index in [1.807, 2.05) is 0 Å². The van der Waals surface area contributed by atoms with Crippen LogP contribution in [0.3, 0.4) is 0 Å². The third-order valence-corrected chi connectivity index (χ3v) is 5.13. The molecule has 5 nitrogen and oxygen atoms in total. The number of rotatable bonds is 3. The van der Waals surface area contributed by atoms with Crippen molar-refractivity contribution in [3.63, 3.8) is 0 Å². The van der Waals surface area contributed by atoms with Gasteiger partial charge in [-0.3, -0.25) is 4.79 Å². The molecule has 0 aliphatic carbocycles. The highest BCUT2D eigenvalue weighted by Gasteiger charge is 2.40. The lowest BCUT2D eigenvalue weighted by molar-refractivity contribution is -0.140. The molecular formula is C11H11ClFNO4S. The number of halogens is 2. The van der Waals surface area contributed by atoms with Crippen LogP contribution >= 0.6 is 11.6 Å². The van der Waals surface area contributed by atoms with Crippen LogP contribution < -0.4 is 0 Å². The fourth-order valence-corrected chi connectivity index (χ4v) is 4.06. The van der Waals surface area contributed by atoms with Gasteiger partial charge in [-0.2, -0.15) is 4.31 Å². The maximum absolute atomic E-state index is 13.6. The van der Waals surface area contributed by atoms with Gasteiger partial charge in [0.2, 0.25) is 10.0 Å². The standard InChI is InChI=1S/C11H11ClFNO4S/c12-7-3-4-8(13)10(6-7)19(17,18)14-5-1-2-9(14)11(15)16/h3-4,6,9H,1-2,5H2,(H,15,16). The Labute approximate surface area is 114 Å². The van der Waals surface area contributed by atoms with Crippen molar-refractivity contribution in [3.05, 3.63) is 29.0 Å². The van der Waals surface area contributed by atoms with Gasteiger partial charge in [-0.1, -0.05) is 11.6 Å². The highest BCUT2D eigenvalue weighted by molar-refractivity contribution is 7.89. The molecule has 0 amide bonds. The summed E-state index contributed by atoms with van der Waals surface area (Å²) in [6.45, 7) is 0.0608. The second-order valence-corrected chi connectivity index (χ2v) is 6.48. The number of carboxylic acids is 1. The van der Waals surface area contributed by atoms with E-state index < -0.39 is 32.7 Å². The molecule has 0 radical (unpaired) electrons. The van der Waals surface area contributed by atoms with E-state index in [9.17, 15) is 17.6 Å². The first-order valence-corrected chi connectivity index (χ1v) is 7.35. The lowest BCUT2D eigenvalue weighted by Crippen LogP contribution is -2.40. The molecule has 1 fully saturated rings. The van der Waals surface area contributed by atoms with Gasteiger partial charge in [0.25, 0.3) is 0 Å². The summed E-state index contributed by atoms with van der Waals surface area (Å²) in [6, 6.07) is 2.02. The predicted molar refractivity (Wildman–Crippen MR) is 66.0 cm³/mol. The molecule has 1 N–H and O–H groups in total. The Bertz CT molecular complexity index is 619. The van der Waals surface area contributed by atoms with Crippen molar-refractivity contribution in [1.82, 2.24) is 4.31 Å². The molecule has 1 heterocycles. The number of aliphatic carboxylic acids is 1. The molecule has 1 aromatic carbocycles. The molecule has 1 aromatic rings. The largest absolute Gasteiger partial charge is 0.480 e. The average Bonchev–Trinajstić information content (AvgIpc) is 2.82. The lowest BCUT2D eigenvalue weighted by atomic mass is 10.2. The summed E-state index contributed by atoms with van der Waals surface area (Å²) in [4.78, 5) is 10.4. The number of sulfonamides is 1. The van der Waals surface area contributed by atoms with E-state index in [2.05, 4.69) is 0 Å². The van der Waals surface area contributed by atoms with E-state index in [4.69, 9.17) is 16.7 Å². The summed E-state index contributed by atoms with van der Waals surface area (Å²) in [5, 5.41) is 9.07. The molecule has 1 aliphatic rings. The van der Waals surface area contributed by atoms with Gasteiger partial charge in [0.05, 0.1) is 0 Å². The van der Waals surface area contributed by atoms with E-state index in [0.717, 1.165) is 16.4 Å². The monoisotopic (exact) mass is 307 g/mol. The number of carboxylic acid groups (broad SMARTS) is 1. The molecule has 1 saturated heterocycles. The first-order valence-electron chi connectivity index (χ1n) is 5.54. The lowest BCUT2D eigenvalue weighted by Gasteiger charge is -2.21. The average molecular weight is 308 g/mol. The molecule has 0 bridgehead atoms. The number of hydrogen-bond donors (Lipinski definition) is 1. The Morgan fingerprint density at radius 3 is 2.79 bits per heavy atom. The topological polar surface area (TPSA) is 74.7 Å². The van der Waals surface area contributed by atoms with Crippen LogP contribution in [0.25, 0.3) is 0 Å². The molecule has 0 aromatic heterocycles. The van der Waals surface area contributed by atoms with E-state index in [0.29, 0.717) is 6.42 Å². The number of benzene rings is 1. The van der Waals surface area contributed by atoms with Gasteiger partial charge in [0, 0.05) is 11.6 Å². The summed E-state index contributed by atoms with van der Waals surface area (Å²) in [7, 11) is -4.19. The van der Waals surface area contributed by atoms with Gasteiger partial charge in [0.1, 0.15) is 16.8 Å². The SMILES string of the molecule is O=C(O)C1CCCN1S(=O)(=O)c1cc(Cl)ccc1F. The molecular weight excluding hydrogens is 297 g/mol. The second-order valence-electron chi connectivity index (χ2n) is 4.19. The van der Waals surface area contributed by atoms with Crippen molar-refractivity contribution < 1.29 is 22.7 Å². The highest BCUT2D eigenvalue weighted by Crippen LogP contribution is 2.29. The minimum absolute atomic E-state index is 0.0608. The predicted octanol–water partition coefficient (Wildman–Crippen LogP) is 1.72. The zero-order valence-electron chi connectivity index (χ0n) is 9.71. The minimum Gasteiger partial charge on any atom is -0.480 e. The Balaban J connectivity index is 2.48. The van der Waals surface area contributed by atoms with Crippen molar-refractivity contribution in [2.75, 3.05) is 6.54 Å². The molecule has 0 spiro atoms. The second kappa shape index (κ2) is 5.07. The van der Waals surface area contributed by atoms with E-state index in [1.165, 1.54) is 6.07 Å². The van der Waals surface area contributed by atoms with Crippen LogP contribution in [0.4, 0.5) is 4.39 Å². The number of hydrogen-bond acceptors (Lipinski definition) is 3. The van der Waals surface area contributed by atoms with Crippen LogP contribution in [0.15, 0.2) is 23.1 Å². The molecule has 1 atom stereocenters. The first kappa shape index (κ1) is 14.2. The van der Waals surface area contributed by atoms with Gasteiger partial charge in [-0.25, -0.2) is 12.8 Å². The summed E-state index contributed by atoms with van der Waals surface area (Å²) in [5.74, 6) is -2.18. The zero-order chi connectivity index (χ0) is 14.2. The molecule has 1 unspecified atom stereocenters. The maximum atomic E-state index is 13.6. The molecule has 2 rings (SSSR count). The van der Waals surface area contributed by atoms with Gasteiger partial charge < -0.3 is 5.11 Å². The first-order chi connectivity index (χ1) is 8.84. The van der Waals surface area contributed by atoms with Crippen LogP contribution in [-0.4, -0.2) is 36.4 Å². The van der Waals surface area contributed by atoms with Crippen molar-refractivity contribution in [2.24, 2.45) is 0 Å². The normalized spacial score (nSPS) is 20.6. The van der Waals surface area contributed by atoms with E-state index >= 15 is 0 Å². The van der Waals surface area contributed by atoms with Crippen LogP contribution in [-0.2, 0) is 14.8 Å². The Morgan fingerprint density at radius 2 is 2.16 bits per heavy atom. The molecule has 1 aliphatic heterocycles. The number of carbonyl (C=O) groups is 1. The third-order valence-electron chi connectivity index (χ3n) is 2.97. The Hall–Kier alpha value is -1.18. The van der Waals surface area contributed by atoms with Crippen molar-refractivity contribution in [1.29, 1.82) is 0 Å². The smallest absolute Gasteiger partial charge is 0.322 e. The van der Waals surface area contributed by atoms with Crippen LogP contribution in [0, 0.1) is 5.82 Å². The van der Waals surface area contributed by atoms with Crippen LogP contribution in [0.1, 0.15) is 12.8 Å². The molecule has 0 saturated carbocycles. The van der Waals surface area contributed by atoms with Crippen molar-refractivity contribution >= 4 is 27.6 Å². The Morgan fingerprint density at radius 1 is 1.47 bits per heavy atom. The van der Waals surface area contributed by atoms with Crippen molar-refractivity contribution in [3.8, 4) is 0 Å². The quantitative estimate of drug-likeness (QED) is 0.922. The van der Waals surface area contributed by atoms with Gasteiger partial charge >= 0.3 is 5.97 Å². The van der Waals surface area contributed by atoms with Gasteiger partial charge in [0.15, 0.2) is 0 Å². The number of nitrogens with zero attached hydrogens (tertiary/aromatic N) is 1. The summed E-state index contributed by atoms with van der Waals surface area (Å²) < 4.78 is 39.0. The maximum Gasteiger partial charge on any atom is 0.322 e. The third kappa shape index (κ3) is 2.58. The van der Waals surface area contributed by atoms with E-state index in [-0.39, 0.29) is 18.0 Å². The summed E-state index contributed by atoms with van der Waals surface area (Å²) in [6.07, 6.45) is 0.648.